The van der Waals surface area contributed by atoms with E-state index in [1.165, 1.54) is 18.2 Å². The van der Waals surface area contributed by atoms with Gasteiger partial charge in [-0.1, -0.05) is 90.0 Å². The van der Waals surface area contributed by atoms with Crippen molar-refractivity contribution in [2.24, 2.45) is 0 Å². The van der Waals surface area contributed by atoms with Gasteiger partial charge in [0.05, 0.1) is 24.1 Å². The third kappa shape index (κ3) is 3.79. The summed E-state index contributed by atoms with van der Waals surface area (Å²) in [7, 11) is 1.45. The lowest BCUT2D eigenvalue weighted by atomic mass is 9.95. The van der Waals surface area contributed by atoms with Gasteiger partial charge in [-0.05, 0) is 37.5 Å². The monoisotopic (exact) mass is 409 g/mol. The first-order valence-corrected chi connectivity index (χ1v) is 10.6. The van der Waals surface area contributed by atoms with Crippen LogP contribution in [0.2, 0.25) is 0 Å². The van der Waals surface area contributed by atoms with Crippen LogP contribution in [0.4, 0.5) is 0 Å². The van der Waals surface area contributed by atoms with Gasteiger partial charge in [0.2, 0.25) is 0 Å². The standard InChI is InChI=1S/C28H27NO2/c1-5-29-26(22-15-11-19(2)12-16-22)24(21-9-7-6-8-10-21)25(28(30)31-4)27(29)23-17-13-20(3)14-18-23/h6-18H,5H2,1-4H3. The third-order valence-corrected chi connectivity index (χ3v) is 5.68. The van der Waals surface area contributed by atoms with Crippen LogP contribution in [0.1, 0.15) is 28.4 Å². The summed E-state index contributed by atoms with van der Waals surface area (Å²) < 4.78 is 7.54. The lowest BCUT2D eigenvalue weighted by Crippen LogP contribution is -2.06. The molecule has 156 valence electrons. The van der Waals surface area contributed by atoms with E-state index in [2.05, 4.69) is 86.0 Å². The van der Waals surface area contributed by atoms with Crippen molar-refractivity contribution in [3.63, 3.8) is 0 Å². The number of hydrogen-bond donors (Lipinski definition) is 0. The maximum Gasteiger partial charge on any atom is 0.340 e. The van der Waals surface area contributed by atoms with E-state index in [4.69, 9.17) is 4.74 Å². The molecule has 0 spiro atoms. The van der Waals surface area contributed by atoms with E-state index in [0.717, 1.165) is 40.2 Å². The molecule has 0 radical (unpaired) electrons. The highest BCUT2D eigenvalue weighted by Crippen LogP contribution is 2.43. The largest absolute Gasteiger partial charge is 0.465 e. The van der Waals surface area contributed by atoms with Gasteiger partial charge < -0.3 is 9.30 Å². The fraction of sp³-hybridized carbons (Fsp3) is 0.179. The van der Waals surface area contributed by atoms with E-state index >= 15 is 0 Å². The number of methoxy groups -OCH3 is 1. The van der Waals surface area contributed by atoms with Crippen molar-refractivity contribution in [3.8, 4) is 33.6 Å². The average molecular weight is 410 g/mol. The average Bonchev–Trinajstić information content (AvgIpc) is 3.15. The Morgan fingerprint density at radius 2 is 1.26 bits per heavy atom. The topological polar surface area (TPSA) is 31.2 Å². The first kappa shape index (κ1) is 20.7. The van der Waals surface area contributed by atoms with E-state index in [-0.39, 0.29) is 5.97 Å². The van der Waals surface area contributed by atoms with E-state index in [1.807, 2.05) is 18.2 Å². The van der Waals surface area contributed by atoms with Gasteiger partial charge in [-0.15, -0.1) is 0 Å². The molecule has 0 fully saturated rings. The highest BCUT2D eigenvalue weighted by molar-refractivity contribution is 6.08. The third-order valence-electron chi connectivity index (χ3n) is 5.68. The summed E-state index contributed by atoms with van der Waals surface area (Å²) in [6, 6.07) is 26.9. The molecule has 4 aromatic rings. The molecule has 0 aliphatic rings. The van der Waals surface area contributed by atoms with Crippen molar-refractivity contribution in [1.29, 1.82) is 0 Å². The van der Waals surface area contributed by atoms with E-state index in [0.29, 0.717) is 5.56 Å². The maximum atomic E-state index is 13.2. The Kier molecular flexibility index (Phi) is 5.77. The highest BCUT2D eigenvalue weighted by Gasteiger charge is 2.29. The normalized spacial score (nSPS) is 10.8. The summed E-state index contributed by atoms with van der Waals surface area (Å²) in [4.78, 5) is 13.2. The Morgan fingerprint density at radius 3 is 1.74 bits per heavy atom. The minimum absolute atomic E-state index is 0.324. The van der Waals surface area contributed by atoms with Gasteiger partial charge in [0.1, 0.15) is 0 Å². The minimum Gasteiger partial charge on any atom is -0.465 e. The quantitative estimate of drug-likeness (QED) is 0.335. The smallest absolute Gasteiger partial charge is 0.340 e. The molecule has 1 aromatic heterocycles. The van der Waals surface area contributed by atoms with Crippen LogP contribution in [-0.4, -0.2) is 17.6 Å². The van der Waals surface area contributed by atoms with Gasteiger partial charge in [0, 0.05) is 12.1 Å². The van der Waals surface area contributed by atoms with Gasteiger partial charge in [0.25, 0.3) is 0 Å². The van der Waals surface area contributed by atoms with Crippen molar-refractivity contribution in [3.05, 3.63) is 95.6 Å². The maximum absolute atomic E-state index is 13.2. The first-order chi connectivity index (χ1) is 15.0. The molecule has 0 saturated heterocycles. The molecular weight excluding hydrogens is 382 g/mol. The summed E-state index contributed by atoms with van der Waals surface area (Å²) in [6.45, 7) is 6.99. The Labute approximate surface area is 183 Å². The molecule has 0 N–H and O–H groups in total. The second-order valence-electron chi connectivity index (χ2n) is 7.78. The molecule has 3 heteroatoms. The molecule has 0 bridgehead atoms. The molecule has 0 atom stereocenters. The Balaban J connectivity index is 2.16. The van der Waals surface area contributed by atoms with E-state index in [1.54, 1.807) is 0 Å². The number of esters is 1. The predicted octanol–water partition coefficient (Wildman–Crippen LogP) is 6.91. The zero-order valence-electron chi connectivity index (χ0n) is 18.5. The van der Waals surface area contributed by atoms with Gasteiger partial charge in [-0.2, -0.15) is 0 Å². The zero-order valence-corrected chi connectivity index (χ0v) is 18.5. The number of benzene rings is 3. The van der Waals surface area contributed by atoms with Crippen molar-refractivity contribution >= 4 is 5.97 Å². The van der Waals surface area contributed by atoms with Crippen molar-refractivity contribution in [2.75, 3.05) is 7.11 Å². The number of aryl methyl sites for hydroxylation is 2. The Morgan fingerprint density at radius 1 is 0.742 bits per heavy atom. The minimum atomic E-state index is -0.324. The van der Waals surface area contributed by atoms with Gasteiger partial charge in [-0.3, -0.25) is 0 Å². The zero-order chi connectivity index (χ0) is 22.0. The second kappa shape index (κ2) is 8.65. The molecule has 0 aliphatic heterocycles. The van der Waals surface area contributed by atoms with Gasteiger partial charge in [-0.25, -0.2) is 4.79 Å². The predicted molar refractivity (Wildman–Crippen MR) is 127 cm³/mol. The summed E-state index contributed by atoms with van der Waals surface area (Å²) in [5.41, 5.74) is 8.90. The molecule has 31 heavy (non-hydrogen) atoms. The van der Waals surface area contributed by atoms with Crippen molar-refractivity contribution in [1.82, 2.24) is 4.57 Å². The van der Waals surface area contributed by atoms with Gasteiger partial charge in [0.15, 0.2) is 0 Å². The van der Waals surface area contributed by atoms with Crippen LogP contribution < -0.4 is 0 Å². The molecule has 0 aliphatic carbocycles. The van der Waals surface area contributed by atoms with Crippen LogP contribution in [0.15, 0.2) is 78.9 Å². The fourth-order valence-electron chi connectivity index (χ4n) is 4.14. The molecule has 0 amide bonds. The lowest BCUT2D eigenvalue weighted by molar-refractivity contribution is 0.0602. The first-order valence-electron chi connectivity index (χ1n) is 10.6. The molecule has 0 saturated carbocycles. The Bertz CT molecular complexity index is 1200. The fourth-order valence-corrected chi connectivity index (χ4v) is 4.14. The van der Waals surface area contributed by atoms with Gasteiger partial charge >= 0.3 is 5.97 Å². The highest BCUT2D eigenvalue weighted by atomic mass is 16.5. The summed E-state index contributed by atoms with van der Waals surface area (Å²) in [5.74, 6) is -0.324. The number of carbonyl (C=O) groups excluding carboxylic acids is 1. The van der Waals surface area contributed by atoms with Crippen LogP contribution in [0.25, 0.3) is 33.6 Å². The molecule has 1 heterocycles. The van der Waals surface area contributed by atoms with Crippen LogP contribution in [0.3, 0.4) is 0 Å². The van der Waals surface area contributed by atoms with Crippen molar-refractivity contribution in [2.45, 2.75) is 27.3 Å². The number of ether oxygens (including phenoxy) is 1. The number of aromatic nitrogens is 1. The number of carbonyl (C=O) groups is 1. The van der Waals surface area contributed by atoms with E-state index < -0.39 is 0 Å². The summed E-state index contributed by atoms with van der Waals surface area (Å²) in [5, 5.41) is 0. The van der Waals surface area contributed by atoms with E-state index in [9.17, 15) is 4.79 Å². The number of rotatable bonds is 5. The lowest BCUT2D eigenvalue weighted by Gasteiger charge is -2.13. The molecule has 4 rings (SSSR count). The van der Waals surface area contributed by atoms with Crippen LogP contribution in [-0.2, 0) is 11.3 Å². The molecule has 3 nitrogen and oxygen atoms in total. The number of nitrogens with zero attached hydrogens (tertiary/aromatic N) is 1. The second-order valence-corrected chi connectivity index (χ2v) is 7.78. The van der Waals surface area contributed by atoms with Crippen LogP contribution in [0.5, 0.6) is 0 Å². The van der Waals surface area contributed by atoms with Crippen LogP contribution in [0, 0.1) is 13.8 Å². The summed E-state index contributed by atoms with van der Waals surface area (Å²) >= 11 is 0. The summed E-state index contributed by atoms with van der Waals surface area (Å²) in [6.07, 6.45) is 0. The number of hydrogen-bond acceptors (Lipinski definition) is 2. The molecule has 3 aromatic carbocycles. The molecular formula is C28H27NO2. The van der Waals surface area contributed by atoms with Crippen LogP contribution >= 0.6 is 0 Å². The SMILES string of the molecule is CCn1c(-c2ccc(C)cc2)c(C(=O)OC)c(-c2ccccc2)c1-c1ccc(C)cc1. The molecule has 0 unspecified atom stereocenters. The Hall–Kier alpha value is -3.59. The van der Waals surface area contributed by atoms with Crippen molar-refractivity contribution < 1.29 is 9.53 Å².